The van der Waals surface area contributed by atoms with E-state index in [-0.39, 0.29) is 11.2 Å². The molecule has 0 aliphatic rings. The highest BCUT2D eigenvalue weighted by atomic mass is 32.3. The first-order chi connectivity index (χ1) is 19.5. The minimum absolute atomic E-state index is 0.0730. The van der Waals surface area contributed by atoms with Gasteiger partial charge in [0.05, 0.1) is 28.9 Å². The number of aromatic nitrogens is 2. The highest BCUT2D eigenvalue weighted by molar-refractivity contribution is 8.09. The third-order valence-electron chi connectivity index (χ3n) is 6.54. The first-order valence-corrected chi connectivity index (χ1v) is 16.5. The Kier molecular flexibility index (Phi) is 8.83. The Bertz CT molecular complexity index is 1840. The van der Waals surface area contributed by atoms with E-state index in [9.17, 15) is 21.6 Å². The van der Waals surface area contributed by atoms with E-state index in [0.29, 0.717) is 32.8 Å². The molecular weight excluding hydrogens is 562 g/mol. The minimum Gasteiger partial charge on any atom is -0.370 e. The highest BCUT2D eigenvalue weighted by Gasteiger charge is 2.31. The fraction of sp³-hybridized carbons (Fsp3) is 0.241. The van der Waals surface area contributed by atoms with Gasteiger partial charge in [0.25, 0.3) is 15.6 Å². The summed E-state index contributed by atoms with van der Waals surface area (Å²) in [6.45, 7) is 5.73. The van der Waals surface area contributed by atoms with E-state index < -0.39 is 25.9 Å². The molecule has 0 saturated carbocycles. The Morgan fingerprint density at radius 3 is 2.15 bits per heavy atom. The van der Waals surface area contributed by atoms with Gasteiger partial charge in [0.1, 0.15) is 5.88 Å². The van der Waals surface area contributed by atoms with Crippen LogP contribution in [-0.2, 0) is 32.9 Å². The molecule has 3 aromatic carbocycles. The average molecular weight is 596 g/mol. The molecule has 1 aromatic heterocycles. The van der Waals surface area contributed by atoms with Gasteiger partial charge >= 0.3 is 0 Å². The molecule has 41 heavy (non-hydrogen) atoms. The summed E-state index contributed by atoms with van der Waals surface area (Å²) in [4.78, 5) is 17.7. The summed E-state index contributed by atoms with van der Waals surface area (Å²) >= 11 is 0. The van der Waals surface area contributed by atoms with Crippen molar-refractivity contribution in [3.63, 3.8) is 0 Å². The molecule has 0 atom stereocenters. The van der Waals surface area contributed by atoms with Crippen LogP contribution < -0.4 is 14.6 Å². The van der Waals surface area contributed by atoms with E-state index in [1.807, 2.05) is 50.2 Å². The number of nitrogens with zero attached hydrogens (tertiary/aromatic N) is 3. The lowest BCUT2D eigenvalue weighted by Crippen LogP contribution is -2.39. The van der Waals surface area contributed by atoms with Gasteiger partial charge in [-0.05, 0) is 67.3 Å². The average Bonchev–Trinajstić information content (AvgIpc) is 3.23. The molecule has 0 unspecified atom stereocenters. The van der Waals surface area contributed by atoms with Gasteiger partial charge in [0, 0.05) is 17.6 Å². The number of aliphatic imine (C=N–C) groups is 1. The maximum atomic E-state index is 13.3. The molecule has 0 spiro atoms. The Morgan fingerprint density at radius 1 is 0.902 bits per heavy atom. The standard InChI is InChI=1S/C29H33N5O5S2/c1-5-22-11-7-9-13-27(22)30-19-26-21(3)32-33(29(26)35)24-15-17-25(18-16-24)34(40(4,36)37)41(38,39)20-31-28-14-10-8-12-23(28)6-2/h7-19,31-32H,5-6,20H2,1-4H3. The van der Waals surface area contributed by atoms with Crippen LogP contribution >= 0.6 is 0 Å². The van der Waals surface area contributed by atoms with Crippen molar-refractivity contribution in [1.29, 1.82) is 0 Å². The molecule has 0 aliphatic carbocycles. The first kappa shape index (κ1) is 29.8. The van der Waals surface area contributed by atoms with Crippen molar-refractivity contribution in [2.24, 2.45) is 4.99 Å². The van der Waals surface area contributed by atoms with Gasteiger partial charge in [-0.25, -0.2) is 21.5 Å². The number of hydrogen-bond donors (Lipinski definition) is 2. The number of aryl methyl sites for hydroxylation is 3. The van der Waals surface area contributed by atoms with Crippen molar-refractivity contribution in [1.82, 2.24) is 9.78 Å². The zero-order chi connectivity index (χ0) is 29.8. The van der Waals surface area contributed by atoms with Crippen molar-refractivity contribution < 1.29 is 16.8 Å². The van der Waals surface area contributed by atoms with Crippen molar-refractivity contribution in [3.05, 3.63) is 106 Å². The lowest BCUT2D eigenvalue weighted by molar-refractivity contribution is 0.588. The maximum Gasteiger partial charge on any atom is 0.280 e. The lowest BCUT2D eigenvalue weighted by Gasteiger charge is -2.23. The quantitative estimate of drug-likeness (QED) is 0.245. The maximum absolute atomic E-state index is 13.3. The van der Waals surface area contributed by atoms with E-state index in [0.717, 1.165) is 29.5 Å². The summed E-state index contributed by atoms with van der Waals surface area (Å²) in [6, 6.07) is 20.6. The number of para-hydroxylation sites is 2. The van der Waals surface area contributed by atoms with Crippen LogP contribution in [-0.4, -0.2) is 45.0 Å². The van der Waals surface area contributed by atoms with E-state index >= 15 is 0 Å². The molecule has 0 radical (unpaired) electrons. The summed E-state index contributed by atoms with van der Waals surface area (Å²) < 4.78 is 53.5. The fourth-order valence-corrected chi connectivity index (χ4v) is 7.68. The van der Waals surface area contributed by atoms with Crippen LogP contribution in [0, 0.1) is 6.92 Å². The van der Waals surface area contributed by atoms with E-state index in [4.69, 9.17) is 0 Å². The number of nitrogens with one attached hydrogen (secondary N) is 2. The van der Waals surface area contributed by atoms with Crippen LogP contribution in [0.5, 0.6) is 0 Å². The van der Waals surface area contributed by atoms with Crippen LogP contribution in [0.2, 0.25) is 0 Å². The molecule has 0 amide bonds. The smallest absolute Gasteiger partial charge is 0.280 e. The van der Waals surface area contributed by atoms with Crippen LogP contribution in [0.25, 0.3) is 5.69 Å². The number of anilines is 2. The van der Waals surface area contributed by atoms with Gasteiger partial charge in [0.15, 0.2) is 0 Å². The summed E-state index contributed by atoms with van der Waals surface area (Å²) in [5.41, 5.74) is 4.30. The van der Waals surface area contributed by atoms with Gasteiger partial charge in [-0.2, -0.15) is 3.71 Å². The number of hydrogen-bond acceptors (Lipinski definition) is 7. The van der Waals surface area contributed by atoms with Gasteiger partial charge in [0.2, 0.25) is 10.0 Å². The van der Waals surface area contributed by atoms with Gasteiger partial charge in [-0.15, -0.1) is 0 Å². The fourth-order valence-electron chi connectivity index (χ4n) is 4.47. The molecule has 4 aromatic rings. The largest absolute Gasteiger partial charge is 0.370 e. The summed E-state index contributed by atoms with van der Waals surface area (Å²) in [7, 11) is -8.56. The zero-order valence-electron chi connectivity index (χ0n) is 23.3. The third-order valence-corrected chi connectivity index (χ3v) is 10.1. The first-order valence-electron chi connectivity index (χ1n) is 13.0. The van der Waals surface area contributed by atoms with Crippen LogP contribution in [0.3, 0.4) is 0 Å². The lowest BCUT2D eigenvalue weighted by atomic mass is 10.1. The van der Waals surface area contributed by atoms with Crippen molar-refractivity contribution >= 4 is 43.3 Å². The SMILES string of the molecule is CCc1ccccc1N=Cc1c(C)[nH]n(-c2ccc(N(S(C)(=O)=O)S(=O)(=O)CNc3ccccc3CC)cc2)c1=O. The van der Waals surface area contributed by atoms with Crippen LogP contribution in [0.4, 0.5) is 17.1 Å². The molecular formula is C29H33N5O5S2. The minimum atomic E-state index is -4.34. The van der Waals surface area contributed by atoms with Crippen LogP contribution in [0.1, 0.15) is 36.2 Å². The second-order valence-corrected chi connectivity index (χ2v) is 13.3. The van der Waals surface area contributed by atoms with E-state index in [1.165, 1.54) is 35.2 Å². The number of rotatable bonds is 11. The molecule has 0 bridgehead atoms. The Balaban J connectivity index is 1.62. The molecule has 216 valence electrons. The third kappa shape index (κ3) is 6.60. The zero-order valence-corrected chi connectivity index (χ0v) is 25.0. The Labute approximate surface area is 240 Å². The van der Waals surface area contributed by atoms with E-state index in [2.05, 4.69) is 15.4 Å². The highest BCUT2D eigenvalue weighted by Crippen LogP contribution is 2.25. The topological polar surface area (TPSA) is 134 Å². The molecule has 4 rings (SSSR count). The molecule has 0 saturated heterocycles. The van der Waals surface area contributed by atoms with E-state index in [1.54, 1.807) is 19.1 Å². The Hall–Kier alpha value is -4.16. The number of sulfonamides is 2. The molecule has 0 fully saturated rings. The molecule has 10 nitrogen and oxygen atoms in total. The van der Waals surface area contributed by atoms with Gasteiger partial charge in [-0.3, -0.25) is 14.9 Å². The number of aromatic amines is 1. The summed E-state index contributed by atoms with van der Waals surface area (Å²) in [6.07, 6.45) is 3.84. The second-order valence-electron chi connectivity index (χ2n) is 9.45. The molecule has 1 heterocycles. The number of H-pyrrole nitrogens is 1. The summed E-state index contributed by atoms with van der Waals surface area (Å²) in [5.74, 6) is -0.627. The van der Waals surface area contributed by atoms with Crippen molar-refractivity contribution in [2.75, 3.05) is 21.2 Å². The van der Waals surface area contributed by atoms with Crippen molar-refractivity contribution in [3.8, 4) is 5.69 Å². The molecule has 12 heteroatoms. The van der Waals surface area contributed by atoms with Crippen molar-refractivity contribution in [2.45, 2.75) is 33.6 Å². The monoisotopic (exact) mass is 595 g/mol. The van der Waals surface area contributed by atoms with Gasteiger partial charge < -0.3 is 5.32 Å². The molecule has 2 N–H and O–H groups in total. The summed E-state index contributed by atoms with van der Waals surface area (Å²) in [5, 5.41) is 5.86. The predicted molar refractivity (Wildman–Crippen MR) is 165 cm³/mol. The Morgan fingerprint density at radius 2 is 1.51 bits per heavy atom. The normalized spacial score (nSPS) is 12.1. The molecule has 0 aliphatic heterocycles. The van der Waals surface area contributed by atoms with Gasteiger partial charge in [-0.1, -0.05) is 50.2 Å². The second kappa shape index (κ2) is 12.1. The number of benzene rings is 3. The van der Waals surface area contributed by atoms with Crippen LogP contribution in [0.15, 0.2) is 82.6 Å². The predicted octanol–water partition coefficient (Wildman–Crippen LogP) is 4.51.